The molecule has 0 rings (SSSR count). The first-order valence-electron chi connectivity index (χ1n) is 6.84. The first kappa shape index (κ1) is 16.2. The first-order chi connectivity index (χ1) is 8.11. The van der Waals surface area contributed by atoms with Crippen LogP contribution < -0.4 is 10.6 Å². The molecule has 0 radical (unpaired) electrons. The second-order valence-corrected chi connectivity index (χ2v) is 4.62. The summed E-state index contributed by atoms with van der Waals surface area (Å²) in [7, 11) is 2.15. The highest BCUT2D eigenvalue weighted by molar-refractivity contribution is 5.79. The van der Waals surface area contributed by atoms with Crippen molar-refractivity contribution in [2.24, 2.45) is 4.99 Å². The minimum atomic E-state index is 0.594. The molecule has 0 atom stereocenters. The Labute approximate surface area is 107 Å². The van der Waals surface area contributed by atoms with Gasteiger partial charge in [-0.3, -0.25) is 4.99 Å². The van der Waals surface area contributed by atoms with E-state index >= 15 is 0 Å². The number of guanidine groups is 1. The molecule has 0 aliphatic carbocycles. The molecule has 0 unspecified atom stereocenters. The fourth-order valence-corrected chi connectivity index (χ4v) is 1.30. The zero-order valence-electron chi connectivity index (χ0n) is 12.2. The van der Waals surface area contributed by atoms with Gasteiger partial charge in [0, 0.05) is 32.2 Å². The highest BCUT2D eigenvalue weighted by atomic mass is 15.2. The molecule has 4 heteroatoms. The predicted octanol–water partition coefficient (Wildman–Crippen LogP) is 1.68. The smallest absolute Gasteiger partial charge is 0.191 e. The lowest BCUT2D eigenvalue weighted by atomic mass is 10.3. The van der Waals surface area contributed by atoms with Gasteiger partial charge in [-0.25, -0.2) is 0 Å². The van der Waals surface area contributed by atoms with Crippen LogP contribution in [0.2, 0.25) is 0 Å². The Bertz CT molecular complexity index is 202. The summed E-state index contributed by atoms with van der Waals surface area (Å²) >= 11 is 0. The molecule has 0 fully saturated rings. The van der Waals surface area contributed by atoms with E-state index in [0.717, 1.165) is 38.6 Å². The minimum absolute atomic E-state index is 0.594. The highest BCUT2D eigenvalue weighted by Crippen LogP contribution is 1.91. The summed E-state index contributed by atoms with van der Waals surface area (Å²) in [5.41, 5.74) is 0. The zero-order chi connectivity index (χ0) is 13.1. The molecule has 0 aromatic carbocycles. The Kier molecular flexibility index (Phi) is 9.92. The van der Waals surface area contributed by atoms with Gasteiger partial charge in [0.05, 0.1) is 0 Å². The van der Waals surface area contributed by atoms with Crippen molar-refractivity contribution in [3.8, 4) is 0 Å². The number of likely N-dealkylation sites (N-methyl/N-ethyl adjacent to an activating group) is 1. The summed E-state index contributed by atoms with van der Waals surface area (Å²) in [5, 5.41) is 6.63. The van der Waals surface area contributed by atoms with Gasteiger partial charge in [0.25, 0.3) is 0 Å². The second-order valence-electron chi connectivity index (χ2n) is 4.62. The largest absolute Gasteiger partial charge is 0.357 e. The van der Waals surface area contributed by atoms with Gasteiger partial charge in [0.2, 0.25) is 0 Å². The third-order valence-electron chi connectivity index (χ3n) is 2.76. The van der Waals surface area contributed by atoms with Gasteiger partial charge in [0.1, 0.15) is 0 Å². The van der Waals surface area contributed by atoms with Crippen LogP contribution in [0, 0.1) is 0 Å². The molecule has 0 aromatic heterocycles. The number of aliphatic imine (C=N–C) groups is 1. The Morgan fingerprint density at radius 2 is 1.94 bits per heavy atom. The van der Waals surface area contributed by atoms with Gasteiger partial charge in [0.15, 0.2) is 5.96 Å². The van der Waals surface area contributed by atoms with Gasteiger partial charge < -0.3 is 15.5 Å². The molecule has 17 heavy (non-hydrogen) atoms. The van der Waals surface area contributed by atoms with Crippen LogP contribution in [-0.2, 0) is 0 Å². The molecule has 0 bridgehead atoms. The lowest BCUT2D eigenvalue weighted by Gasteiger charge is -2.21. The molecular weight excluding hydrogens is 212 g/mol. The molecule has 102 valence electrons. The summed E-state index contributed by atoms with van der Waals surface area (Å²) < 4.78 is 0. The number of rotatable bonds is 8. The molecular formula is C13H30N4. The summed E-state index contributed by atoms with van der Waals surface area (Å²) in [6.07, 6.45) is 2.35. The van der Waals surface area contributed by atoms with Crippen molar-refractivity contribution < 1.29 is 0 Å². The molecule has 0 saturated heterocycles. The lowest BCUT2D eigenvalue weighted by Crippen LogP contribution is -2.42. The van der Waals surface area contributed by atoms with Gasteiger partial charge in [-0.1, -0.05) is 13.3 Å². The third-order valence-corrected chi connectivity index (χ3v) is 2.76. The fraction of sp³-hybridized carbons (Fsp3) is 0.923. The number of hydrogen-bond donors (Lipinski definition) is 2. The summed E-state index contributed by atoms with van der Waals surface area (Å²) in [4.78, 5) is 6.84. The van der Waals surface area contributed by atoms with Crippen molar-refractivity contribution in [2.75, 3.05) is 33.2 Å². The number of unbranched alkanes of at least 4 members (excludes halogenated alkanes) is 1. The average Bonchev–Trinajstić information content (AvgIpc) is 2.29. The van der Waals surface area contributed by atoms with Gasteiger partial charge in [-0.2, -0.15) is 0 Å². The Morgan fingerprint density at radius 3 is 2.47 bits per heavy atom. The quantitative estimate of drug-likeness (QED) is 0.386. The molecule has 4 nitrogen and oxygen atoms in total. The van der Waals surface area contributed by atoms with Gasteiger partial charge >= 0.3 is 0 Å². The summed E-state index contributed by atoms with van der Waals surface area (Å²) in [6.45, 7) is 12.5. The maximum atomic E-state index is 4.52. The SMILES string of the molecule is CCCCN=C(NCC)NCCN(C)C(C)C. The standard InChI is InChI=1S/C13H30N4/c1-6-8-9-15-13(14-7-2)16-10-11-17(5)12(3)4/h12H,6-11H2,1-5H3,(H2,14,15,16). The van der Waals surface area contributed by atoms with Crippen molar-refractivity contribution in [1.82, 2.24) is 15.5 Å². The molecule has 0 aliphatic rings. The van der Waals surface area contributed by atoms with Crippen LogP contribution in [-0.4, -0.2) is 50.1 Å². The van der Waals surface area contributed by atoms with Crippen molar-refractivity contribution in [3.05, 3.63) is 0 Å². The van der Waals surface area contributed by atoms with Crippen LogP contribution in [0.1, 0.15) is 40.5 Å². The van der Waals surface area contributed by atoms with Gasteiger partial charge in [-0.15, -0.1) is 0 Å². The van der Waals surface area contributed by atoms with E-state index in [1.54, 1.807) is 0 Å². The first-order valence-corrected chi connectivity index (χ1v) is 6.84. The molecule has 0 spiro atoms. The van der Waals surface area contributed by atoms with Crippen molar-refractivity contribution in [3.63, 3.8) is 0 Å². The minimum Gasteiger partial charge on any atom is -0.357 e. The lowest BCUT2D eigenvalue weighted by molar-refractivity contribution is 0.278. The van der Waals surface area contributed by atoms with Crippen LogP contribution in [0.3, 0.4) is 0 Å². The molecule has 2 N–H and O–H groups in total. The molecule has 0 saturated carbocycles. The van der Waals surface area contributed by atoms with E-state index in [1.165, 1.54) is 6.42 Å². The Balaban J connectivity index is 3.87. The van der Waals surface area contributed by atoms with E-state index in [4.69, 9.17) is 0 Å². The van der Waals surface area contributed by atoms with Crippen LogP contribution in [0.25, 0.3) is 0 Å². The van der Waals surface area contributed by atoms with Crippen LogP contribution >= 0.6 is 0 Å². The molecule has 0 heterocycles. The predicted molar refractivity (Wildman–Crippen MR) is 76.7 cm³/mol. The normalized spacial score (nSPS) is 12.3. The van der Waals surface area contributed by atoms with Crippen LogP contribution in [0.5, 0.6) is 0 Å². The molecule has 0 amide bonds. The van der Waals surface area contributed by atoms with Crippen molar-refractivity contribution >= 4 is 5.96 Å². The summed E-state index contributed by atoms with van der Waals surface area (Å²) in [6, 6.07) is 0.594. The van der Waals surface area contributed by atoms with Crippen LogP contribution in [0.15, 0.2) is 4.99 Å². The van der Waals surface area contributed by atoms with Crippen molar-refractivity contribution in [2.45, 2.75) is 46.6 Å². The molecule has 0 aromatic rings. The highest BCUT2D eigenvalue weighted by Gasteiger charge is 2.02. The second kappa shape index (κ2) is 10.4. The Hall–Kier alpha value is -0.770. The van der Waals surface area contributed by atoms with E-state index in [0.29, 0.717) is 6.04 Å². The van der Waals surface area contributed by atoms with E-state index in [2.05, 4.69) is 55.3 Å². The van der Waals surface area contributed by atoms with E-state index in [9.17, 15) is 0 Å². The summed E-state index contributed by atoms with van der Waals surface area (Å²) in [5.74, 6) is 0.943. The number of nitrogens with one attached hydrogen (secondary N) is 2. The number of hydrogen-bond acceptors (Lipinski definition) is 2. The van der Waals surface area contributed by atoms with Crippen molar-refractivity contribution in [1.29, 1.82) is 0 Å². The number of nitrogens with zero attached hydrogens (tertiary/aromatic N) is 2. The molecule has 0 aliphatic heterocycles. The van der Waals surface area contributed by atoms with Gasteiger partial charge in [-0.05, 0) is 34.2 Å². The monoisotopic (exact) mass is 242 g/mol. The maximum absolute atomic E-state index is 4.52. The zero-order valence-corrected chi connectivity index (χ0v) is 12.2. The van der Waals surface area contributed by atoms with Crippen LogP contribution in [0.4, 0.5) is 0 Å². The maximum Gasteiger partial charge on any atom is 0.191 e. The average molecular weight is 242 g/mol. The Morgan fingerprint density at radius 1 is 1.24 bits per heavy atom. The topological polar surface area (TPSA) is 39.7 Å². The van der Waals surface area contributed by atoms with E-state index < -0.39 is 0 Å². The third kappa shape index (κ3) is 8.98. The van der Waals surface area contributed by atoms with E-state index in [-0.39, 0.29) is 0 Å². The van der Waals surface area contributed by atoms with E-state index in [1.807, 2.05) is 0 Å². The fourth-order valence-electron chi connectivity index (χ4n) is 1.30.